The van der Waals surface area contributed by atoms with Crippen molar-refractivity contribution in [3.63, 3.8) is 0 Å². The highest BCUT2D eigenvalue weighted by Crippen LogP contribution is 2.46. The van der Waals surface area contributed by atoms with Crippen molar-refractivity contribution in [1.29, 1.82) is 0 Å². The summed E-state index contributed by atoms with van der Waals surface area (Å²) in [7, 11) is 0.00486. The van der Waals surface area contributed by atoms with Gasteiger partial charge in [-0.2, -0.15) is 8.78 Å². The monoisotopic (exact) mass is 533 g/mol. The van der Waals surface area contributed by atoms with E-state index in [1.54, 1.807) is 13.1 Å². The number of alkyl halides is 2. The van der Waals surface area contributed by atoms with Gasteiger partial charge in [-0.3, -0.25) is 4.99 Å². The number of hydrogen-bond acceptors (Lipinski definition) is 5. The van der Waals surface area contributed by atoms with Crippen LogP contribution in [-0.2, 0) is 16.4 Å². The molecule has 11 heteroatoms. The van der Waals surface area contributed by atoms with Crippen molar-refractivity contribution >= 4 is 39.8 Å². The van der Waals surface area contributed by atoms with E-state index in [0.717, 1.165) is 12.8 Å². The van der Waals surface area contributed by atoms with Gasteiger partial charge in [-0.05, 0) is 31.0 Å². The summed E-state index contributed by atoms with van der Waals surface area (Å²) in [6, 6.07) is 4.56. The van der Waals surface area contributed by atoms with E-state index < -0.39 is 16.4 Å². The van der Waals surface area contributed by atoms with Gasteiger partial charge in [-0.1, -0.05) is 0 Å². The van der Waals surface area contributed by atoms with Crippen molar-refractivity contribution in [3.8, 4) is 11.5 Å². The van der Waals surface area contributed by atoms with E-state index in [1.807, 2.05) is 0 Å². The maximum atomic E-state index is 12.6. The number of ether oxygens (including phenoxy) is 2. The molecule has 1 aromatic rings. The van der Waals surface area contributed by atoms with Crippen LogP contribution in [0.3, 0.4) is 0 Å². The molecule has 1 saturated carbocycles. The lowest BCUT2D eigenvalue weighted by molar-refractivity contribution is -0.0505. The molecule has 2 N–H and O–H groups in total. The van der Waals surface area contributed by atoms with Gasteiger partial charge < -0.3 is 20.1 Å². The van der Waals surface area contributed by atoms with Crippen LogP contribution in [0.5, 0.6) is 11.5 Å². The third kappa shape index (κ3) is 7.94. The number of methoxy groups -OCH3 is 1. The average molecular weight is 533 g/mol. The van der Waals surface area contributed by atoms with Gasteiger partial charge in [-0.15, -0.1) is 24.0 Å². The molecule has 1 aliphatic carbocycles. The molecule has 7 nitrogen and oxygen atoms in total. The molecule has 0 aromatic heterocycles. The number of nitrogens with one attached hydrogen (secondary N) is 2. The van der Waals surface area contributed by atoms with Crippen LogP contribution in [-0.4, -0.2) is 53.7 Å². The van der Waals surface area contributed by atoms with Crippen LogP contribution in [0.15, 0.2) is 23.2 Å². The Morgan fingerprint density at radius 3 is 2.50 bits per heavy atom. The summed E-state index contributed by atoms with van der Waals surface area (Å²) in [4.78, 5) is 4.09. The van der Waals surface area contributed by atoms with Crippen molar-refractivity contribution < 1.29 is 26.7 Å². The number of halogens is 3. The average Bonchev–Trinajstić information content (AvgIpc) is 3.33. The predicted molar refractivity (Wildman–Crippen MR) is 115 cm³/mol. The predicted octanol–water partition coefficient (Wildman–Crippen LogP) is 2.40. The Bertz CT molecular complexity index is 787. The Labute approximate surface area is 181 Å². The topological polar surface area (TPSA) is 89.0 Å². The second-order valence-electron chi connectivity index (χ2n) is 6.70. The highest BCUT2D eigenvalue weighted by molar-refractivity contribution is 14.0. The van der Waals surface area contributed by atoms with E-state index in [1.165, 1.54) is 25.5 Å². The van der Waals surface area contributed by atoms with Crippen molar-refractivity contribution in [2.75, 3.05) is 32.7 Å². The van der Waals surface area contributed by atoms with E-state index in [4.69, 9.17) is 4.74 Å². The highest BCUT2D eigenvalue weighted by atomic mass is 127. The zero-order chi connectivity index (χ0) is 20.1. The number of guanidine groups is 1. The quantitative estimate of drug-likeness (QED) is 0.288. The van der Waals surface area contributed by atoms with Gasteiger partial charge in [0.2, 0.25) is 0 Å². The van der Waals surface area contributed by atoms with Gasteiger partial charge in [0.05, 0.1) is 12.9 Å². The standard InChI is InChI=1S/C17H25F2N3O4S.HI/c1-20-16(22-10-17(6-7-17)11-27(3,23)24)21-9-12-8-13(25-2)4-5-14(12)26-15(18)19;/h4-5,8,15H,6-7,9-11H2,1-3H3,(H2,20,21,22);1H. The molecule has 0 atom stereocenters. The van der Waals surface area contributed by atoms with Gasteiger partial charge >= 0.3 is 6.61 Å². The van der Waals surface area contributed by atoms with Gasteiger partial charge in [-0.25, -0.2) is 8.42 Å². The molecule has 0 spiro atoms. The zero-order valence-electron chi connectivity index (χ0n) is 16.0. The first-order valence-corrected chi connectivity index (χ1v) is 10.5. The molecule has 0 aliphatic heterocycles. The molecule has 1 fully saturated rings. The summed E-state index contributed by atoms with van der Waals surface area (Å²) in [5.74, 6) is 1.14. The van der Waals surface area contributed by atoms with Crippen LogP contribution < -0.4 is 20.1 Å². The van der Waals surface area contributed by atoms with Crippen molar-refractivity contribution in [1.82, 2.24) is 10.6 Å². The fraction of sp³-hybridized carbons (Fsp3) is 0.588. The fourth-order valence-electron chi connectivity index (χ4n) is 2.81. The summed E-state index contributed by atoms with van der Waals surface area (Å²) >= 11 is 0. The third-order valence-corrected chi connectivity index (χ3v) is 5.45. The molecule has 0 amide bonds. The van der Waals surface area contributed by atoms with E-state index in [9.17, 15) is 17.2 Å². The lowest BCUT2D eigenvalue weighted by Gasteiger charge is -2.18. The number of benzene rings is 1. The lowest BCUT2D eigenvalue weighted by Crippen LogP contribution is -2.41. The lowest BCUT2D eigenvalue weighted by atomic mass is 10.1. The zero-order valence-corrected chi connectivity index (χ0v) is 19.1. The number of aliphatic imine (C=N–C) groups is 1. The van der Waals surface area contributed by atoms with Crippen LogP contribution in [0.25, 0.3) is 0 Å². The third-order valence-electron chi connectivity index (χ3n) is 4.31. The summed E-state index contributed by atoms with van der Waals surface area (Å²) in [6.45, 7) is -2.28. The van der Waals surface area contributed by atoms with Gasteiger partial charge in [0.1, 0.15) is 21.3 Å². The molecule has 0 radical (unpaired) electrons. The highest BCUT2D eigenvalue weighted by Gasteiger charge is 2.45. The first-order chi connectivity index (χ1) is 12.7. The number of nitrogens with zero attached hydrogens (tertiary/aromatic N) is 1. The van der Waals surface area contributed by atoms with Crippen LogP contribution in [0.1, 0.15) is 18.4 Å². The van der Waals surface area contributed by atoms with E-state index in [-0.39, 0.29) is 47.4 Å². The number of sulfone groups is 1. The molecule has 0 heterocycles. The molecule has 2 rings (SSSR count). The Kier molecular flexibility index (Phi) is 9.18. The Morgan fingerprint density at radius 1 is 1.32 bits per heavy atom. The van der Waals surface area contributed by atoms with Crippen molar-refractivity contribution in [2.24, 2.45) is 10.4 Å². The summed E-state index contributed by atoms with van der Waals surface area (Å²) < 4.78 is 57.9. The first kappa shape index (κ1) is 24.7. The minimum atomic E-state index is -3.06. The van der Waals surface area contributed by atoms with Crippen LogP contribution in [0, 0.1) is 5.41 Å². The SMILES string of the molecule is CN=C(NCc1cc(OC)ccc1OC(F)F)NCC1(CS(C)(=O)=O)CC1.I. The Morgan fingerprint density at radius 2 is 2.00 bits per heavy atom. The van der Waals surface area contributed by atoms with E-state index in [0.29, 0.717) is 23.8 Å². The second kappa shape index (κ2) is 10.4. The van der Waals surface area contributed by atoms with E-state index in [2.05, 4.69) is 20.4 Å². The van der Waals surface area contributed by atoms with Crippen LogP contribution in [0.4, 0.5) is 8.78 Å². The van der Waals surface area contributed by atoms with Crippen molar-refractivity contribution in [3.05, 3.63) is 23.8 Å². The first-order valence-electron chi connectivity index (χ1n) is 8.40. The summed E-state index contributed by atoms with van der Waals surface area (Å²) in [5.41, 5.74) is 0.223. The van der Waals surface area contributed by atoms with Crippen molar-refractivity contribution in [2.45, 2.75) is 26.0 Å². The fourth-order valence-corrected chi connectivity index (χ4v) is 4.31. The Hall–Kier alpha value is -1.37. The molecule has 160 valence electrons. The number of rotatable bonds is 9. The van der Waals surface area contributed by atoms with E-state index >= 15 is 0 Å². The summed E-state index contributed by atoms with van der Waals surface area (Å²) in [5, 5.41) is 6.13. The molecule has 0 saturated heterocycles. The molecular weight excluding hydrogens is 507 g/mol. The maximum absolute atomic E-state index is 12.6. The minimum Gasteiger partial charge on any atom is -0.497 e. The molecule has 0 unspecified atom stereocenters. The van der Waals surface area contributed by atoms with Gasteiger partial charge in [0, 0.05) is 37.4 Å². The molecule has 28 heavy (non-hydrogen) atoms. The van der Waals surface area contributed by atoms with Gasteiger partial charge in [0.15, 0.2) is 5.96 Å². The van der Waals surface area contributed by atoms with Crippen LogP contribution >= 0.6 is 24.0 Å². The molecule has 1 aliphatic rings. The normalized spacial score (nSPS) is 15.6. The largest absolute Gasteiger partial charge is 0.497 e. The molecular formula is C17H26F2IN3O4S. The second-order valence-corrected chi connectivity index (χ2v) is 8.84. The van der Waals surface area contributed by atoms with Gasteiger partial charge in [0.25, 0.3) is 0 Å². The number of hydrogen-bond donors (Lipinski definition) is 2. The Balaban J connectivity index is 0.00000392. The molecule has 1 aromatic carbocycles. The smallest absolute Gasteiger partial charge is 0.387 e. The maximum Gasteiger partial charge on any atom is 0.387 e. The minimum absolute atomic E-state index is 0. The summed E-state index contributed by atoms with van der Waals surface area (Å²) in [6.07, 6.45) is 2.91. The van der Waals surface area contributed by atoms with Crippen LogP contribution in [0.2, 0.25) is 0 Å². The molecule has 0 bridgehead atoms.